The molecule has 2 rings (SSSR count). The van der Waals surface area contributed by atoms with Gasteiger partial charge < -0.3 is 20.5 Å². The maximum atomic E-state index is 12.5. The zero-order valence-corrected chi connectivity index (χ0v) is 13.3. The molecule has 2 aromatic rings. The largest absolute Gasteiger partial charge is 0.467 e. The summed E-state index contributed by atoms with van der Waals surface area (Å²) in [6.07, 6.45) is -0.534. The molecule has 0 heterocycles. The summed E-state index contributed by atoms with van der Waals surface area (Å²) in [5.74, 6) is -1.03. The van der Waals surface area contributed by atoms with Gasteiger partial charge in [-0.2, -0.15) is 0 Å². The number of anilines is 1. The van der Waals surface area contributed by atoms with Gasteiger partial charge in [0, 0.05) is 12.8 Å². The highest BCUT2D eigenvalue weighted by molar-refractivity contribution is 6.05. The molecule has 6 nitrogen and oxygen atoms in total. The summed E-state index contributed by atoms with van der Waals surface area (Å²) in [7, 11) is 2.71. The van der Waals surface area contributed by atoms with Crippen LogP contribution in [0.15, 0.2) is 36.4 Å². The van der Waals surface area contributed by atoms with Gasteiger partial charge in [0.2, 0.25) is 0 Å². The van der Waals surface area contributed by atoms with Crippen LogP contribution in [0, 0.1) is 0 Å². The molecule has 2 aromatic carbocycles. The Hall–Kier alpha value is -2.60. The standard InChI is InChI=1S/C17H20N2O4/c1-10(22-2)15(17(21)23-3)19-16(20)13-8-11-6-4-5-7-12(11)9-14(13)18/h4-10,15H,18H2,1-3H3,(H,19,20)/t10-,15-/m0/s1. The van der Waals surface area contributed by atoms with Crippen molar-refractivity contribution in [2.24, 2.45) is 0 Å². The topological polar surface area (TPSA) is 90.7 Å². The lowest BCUT2D eigenvalue weighted by Gasteiger charge is -2.22. The number of nitrogens with two attached hydrogens (primary N) is 1. The van der Waals surface area contributed by atoms with Crippen molar-refractivity contribution < 1.29 is 19.1 Å². The third-order valence-electron chi connectivity index (χ3n) is 3.75. The molecule has 0 aromatic heterocycles. The average Bonchev–Trinajstić information content (AvgIpc) is 2.57. The summed E-state index contributed by atoms with van der Waals surface area (Å²) in [5.41, 5.74) is 6.62. The lowest BCUT2D eigenvalue weighted by Crippen LogP contribution is -2.49. The zero-order chi connectivity index (χ0) is 17.0. The van der Waals surface area contributed by atoms with Gasteiger partial charge in [-0.25, -0.2) is 4.79 Å². The molecule has 0 aliphatic heterocycles. The molecule has 122 valence electrons. The van der Waals surface area contributed by atoms with E-state index in [2.05, 4.69) is 5.32 Å². The Morgan fingerprint density at radius 3 is 2.30 bits per heavy atom. The van der Waals surface area contributed by atoms with Gasteiger partial charge >= 0.3 is 5.97 Å². The van der Waals surface area contributed by atoms with E-state index in [0.29, 0.717) is 11.3 Å². The zero-order valence-electron chi connectivity index (χ0n) is 13.3. The number of nitrogens with one attached hydrogen (secondary N) is 1. The van der Waals surface area contributed by atoms with Crippen molar-refractivity contribution in [1.29, 1.82) is 0 Å². The molecule has 0 unspecified atom stereocenters. The highest BCUT2D eigenvalue weighted by Gasteiger charge is 2.28. The minimum atomic E-state index is -0.914. The second kappa shape index (κ2) is 7.11. The van der Waals surface area contributed by atoms with Crippen LogP contribution >= 0.6 is 0 Å². The second-order valence-corrected chi connectivity index (χ2v) is 5.20. The number of rotatable bonds is 5. The van der Waals surface area contributed by atoms with E-state index in [1.54, 1.807) is 19.1 Å². The van der Waals surface area contributed by atoms with Crippen molar-refractivity contribution in [2.45, 2.75) is 19.1 Å². The molecule has 0 radical (unpaired) electrons. The van der Waals surface area contributed by atoms with Crippen LogP contribution in [0.25, 0.3) is 10.8 Å². The van der Waals surface area contributed by atoms with E-state index in [0.717, 1.165) is 10.8 Å². The Balaban J connectivity index is 2.32. The summed E-state index contributed by atoms with van der Waals surface area (Å²) < 4.78 is 9.83. The number of nitrogen functional groups attached to an aromatic ring is 1. The van der Waals surface area contributed by atoms with E-state index in [-0.39, 0.29) is 0 Å². The number of fused-ring (bicyclic) bond motifs is 1. The van der Waals surface area contributed by atoms with Crippen LogP contribution in [0.5, 0.6) is 0 Å². The van der Waals surface area contributed by atoms with Crippen LogP contribution in [-0.4, -0.2) is 38.2 Å². The summed E-state index contributed by atoms with van der Waals surface area (Å²) in [4.78, 5) is 24.3. The number of benzene rings is 2. The number of hydrogen-bond acceptors (Lipinski definition) is 5. The molecule has 3 N–H and O–H groups in total. The van der Waals surface area contributed by atoms with Crippen molar-refractivity contribution >= 4 is 28.3 Å². The molecule has 0 fully saturated rings. The minimum Gasteiger partial charge on any atom is -0.467 e. The first-order chi connectivity index (χ1) is 11.0. The highest BCUT2D eigenvalue weighted by atomic mass is 16.5. The number of amides is 1. The number of carbonyl (C=O) groups is 2. The fourth-order valence-electron chi connectivity index (χ4n) is 2.30. The molecular weight excluding hydrogens is 296 g/mol. The number of ether oxygens (including phenoxy) is 2. The molecule has 0 aliphatic carbocycles. The first-order valence-corrected chi connectivity index (χ1v) is 7.17. The molecular formula is C17H20N2O4. The highest BCUT2D eigenvalue weighted by Crippen LogP contribution is 2.22. The lowest BCUT2D eigenvalue weighted by molar-refractivity contribution is -0.146. The number of methoxy groups -OCH3 is 2. The van der Waals surface area contributed by atoms with Gasteiger partial charge in [-0.1, -0.05) is 24.3 Å². The van der Waals surface area contributed by atoms with Gasteiger partial charge in [0.15, 0.2) is 6.04 Å². The van der Waals surface area contributed by atoms with Crippen LogP contribution in [-0.2, 0) is 14.3 Å². The first-order valence-electron chi connectivity index (χ1n) is 7.17. The van der Waals surface area contributed by atoms with E-state index >= 15 is 0 Å². The Labute approximate surface area is 134 Å². The van der Waals surface area contributed by atoms with Crippen LogP contribution in [0.4, 0.5) is 5.69 Å². The van der Waals surface area contributed by atoms with Crippen LogP contribution in [0.2, 0.25) is 0 Å². The quantitative estimate of drug-likeness (QED) is 0.647. The van der Waals surface area contributed by atoms with Crippen LogP contribution < -0.4 is 11.1 Å². The van der Waals surface area contributed by atoms with E-state index in [4.69, 9.17) is 15.2 Å². The van der Waals surface area contributed by atoms with Gasteiger partial charge in [0.05, 0.1) is 18.8 Å². The smallest absolute Gasteiger partial charge is 0.331 e. The summed E-state index contributed by atoms with van der Waals surface area (Å²) in [6, 6.07) is 10.1. The molecule has 23 heavy (non-hydrogen) atoms. The van der Waals surface area contributed by atoms with Crippen LogP contribution in [0.1, 0.15) is 17.3 Å². The Bertz CT molecular complexity index is 730. The predicted octanol–water partition coefficient (Wildman–Crippen LogP) is 1.73. The molecule has 0 spiro atoms. The lowest BCUT2D eigenvalue weighted by atomic mass is 10.0. The maximum Gasteiger partial charge on any atom is 0.331 e. The number of esters is 1. The van der Waals surface area contributed by atoms with Gasteiger partial charge in [0.25, 0.3) is 5.91 Å². The van der Waals surface area contributed by atoms with Crippen molar-refractivity contribution in [3.63, 3.8) is 0 Å². The maximum absolute atomic E-state index is 12.5. The monoisotopic (exact) mass is 316 g/mol. The molecule has 2 atom stereocenters. The van der Waals surface area contributed by atoms with Crippen LogP contribution in [0.3, 0.4) is 0 Å². The molecule has 0 saturated carbocycles. The first kappa shape index (κ1) is 16.8. The summed E-state index contributed by atoms with van der Waals surface area (Å²) in [6.45, 7) is 1.67. The Morgan fingerprint density at radius 1 is 1.13 bits per heavy atom. The van der Waals surface area contributed by atoms with Crippen molar-refractivity contribution in [1.82, 2.24) is 5.32 Å². The van der Waals surface area contributed by atoms with E-state index in [9.17, 15) is 9.59 Å². The second-order valence-electron chi connectivity index (χ2n) is 5.20. The fourth-order valence-corrected chi connectivity index (χ4v) is 2.30. The van der Waals surface area contributed by atoms with E-state index < -0.39 is 24.0 Å². The van der Waals surface area contributed by atoms with Crippen molar-refractivity contribution in [3.05, 3.63) is 42.0 Å². The van der Waals surface area contributed by atoms with Gasteiger partial charge in [-0.3, -0.25) is 4.79 Å². The Morgan fingerprint density at radius 2 is 1.74 bits per heavy atom. The third kappa shape index (κ3) is 3.60. The van der Waals surface area contributed by atoms with Gasteiger partial charge in [-0.05, 0) is 29.8 Å². The van der Waals surface area contributed by atoms with E-state index in [1.165, 1.54) is 14.2 Å². The van der Waals surface area contributed by atoms with Gasteiger partial charge in [0.1, 0.15) is 0 Å². The fraction of sp³-hybridized carbons (Fsp3) is 0.294. The normalized spacial score (nSPS) is 13.3. The molecule has 0 aliphatic rings. The predicted molar refractivity (Wildman–Crippen MR) is 88.1 cm³/mol. The molecule has 1 amide bonds. The molecule has 6 heteroatoms. The number of carbonyl (C=O) groups excluding carboxylic acids is 2. The Kier molecular flexibility index (Phi) is 5.18. The SMILES string of the molecule is COC(=O)[C@@H](NC(=O)c1cc2ccccc2cc1N)[C@H](C)OC. The summed E-state index contributed by atoms with van der Waals surface area (Å²) in [5, 5.41) is 4.45. The third-order valence-corrected chi connectivity index (χ3v) is 3.75. The van der Waals surface area contributed by atoms with Crippen molar-refractivity contribution in [3.8, 4) is 0 Å². The average molecular weight is 316 g/mol. The number of hydrogen-bond donors (Lipinski definition) is 2. The summed E-state index contributed by atoms with van der Waals surface area (Å²) >= 11 is 0. The van der Waals surface area contributed by atoms with Crippen molar-refractivity contribution in [2.75, 3.05) is 20.0 Å². The van der Waals surface area contributed by atoms with Gasteiger partial charge in [-0.15, -0.1) is 0 Å². The molecule has 0 saturated heterocycles. The van der Waals surface area contributed by atoms with E-state index in [1.807, 2.05) is 24.3 Å². The minimum absolute atomic E-state index is 0.306. The molecule has 0 bridgehead atoms.